The van der Waals surface area contributed by atoms with Crippen LogP contribution in [0.1, 0.15) is 0 Å². The summed E-state index contributed by atoms with van der Waals surface area (Å²) in [5.74, 6) is 0. The Bertz CT molecular complexity index is 189. The molecule has 6 nitrogen and oxygen atoms in total. The van der Waals surface area contributed by atoms with Crippen LogP contribution in [0.2, 0.25) is 0 Å². The van der Waals surface area contributed by atoms with Gasteiger partial charge in [0.15, 0.2) is 6.29 Å². The van der Waals surface area contributed by atoms with E-state index in [1.54, 1.807) is 0 Å². The molecule has 7 heteroatoms. The van der Waals surface area contributed by atoms with E-state index in [1.807, 2.05) is 0 Å². The molecule has 1 aliphatic rings. The van der Waals surface area contributed by atoms with Crippen LogP contribution in [0.5, 0.6) is 0 Å². The number of halogens is 1. The van der Waals surface area contributed by atoms with E-state index in [0.717, 1.165) is 11.0 Å². The van der Waals surface area contributed by atoms with Crippen molar-refractivity contribution >= 4 is 22.6 Å². The number of hydrogen-bond acceptors (Lipinski definition) is 6. The molecule has 0 saturated carbocycles. The van der Waals surface area contributed by atoms with E-state index in [0.29, 0.717) is 59.5 Å². The summed E-state index contributed by atoms with van der Waals surface area (Å²) >= 11 is 2.28. The Morgan fingerprint density at radius 2 is 1.21 bits per heavy atom. The second-order valence-electron chi connectivity index (χ2n) is 3.77. The zero-order chi connectivity index (χ0) is 13.6. The minimum Gasteiger partial charge on any atom is -0.378 e. The summed E-state index contributed by atoms with van der Waals surface area (Å²) < 4.78 is 32.8. The average Bonchev–Trinajstić information content (AvgIpc) is 2.93. The van der Waals surface area contributed by atoms with Crippen LogP contribution in [0.15, 0.2) is 0 Å². The van der Waals surface area contributed by atoms with Gasteiger partial charge in [-0.05, 0) is 0 Å². The maximum atomic E-state index is 5.35. The maximum Gasteiger partial charge on any atom is 0.181 e. The normalized spacial score (nSPS) is 16.3. The highest BCUT2D eigenvalue weighted by Gasteiger charge is 2.15. The third kappa shape index (κ3) is 10.9. The van der Waals surface area contributed by atoms with Crippen molar-refractivity contribution in [2.24, 2.45) is 0 Å². The van der Waals surface area contributed by atoms with Gasteiger partial charge in [-0.15, -0.1) is 0 Å². The molecule has 1 rings (SSSR count). The smallest absolute Gasteiger partial charge is 0.181 e. The first kappa shape index (κ1) is 17.5. The van der Waals surface area contributed by atoms with E-state index in [4.69, 9.17) is 28.4 Å². The molecule has 0 unspecified atom stereocenters. The Hall–Kier alpha value is 0.490. The Labute approximate surface area is 128 Å². The average molecular weight is 390 g/mol. The summed E-state index contributed by atoms with van der Waals surface area (Å²) in [7, 11) is 0. The lowest BCUT2D eigenvalue weighted by atomic mass is 10.6. The van der Waals surface area contributed by atoms with Gasteiger partial charge in [-0.1, -0.05) is 22.6 Å². The highest BCUT2D eigenvalue weighted by molar-refractivity contribution is 14.1. The standard InChI is InChI=1S/C12H23IO6/c13-1-2-14-3-4-15-5-6-16-7-8-17-11-12-18-9-10-19-12/h12H,1-11H2. The van der Waals surface area contributed by atoms with Gasteiger partial charge in [0.1, 0.15) is 0 Å². The van der Waals surface area contributed by atoms with Crippen LogP contribution >= 0.6 is 22.6 Å². The molecular formula is C12H23IO6. The predicted octanol–water partition coefficient (Wildman–Crippen LogP) is 0.861. The van der Waals surface area contributed by atoms with Crippen LogP contribution in [-0.4, -0.2) is 76.8 Å². The van der Waals surface area contributed by atoms with E-state index in [2.05, 4.69) is 22.6 Å². The largest absolute Gasteiger partial charge is 0.378 e. The zero-order valence-electron chi connectivity index (χ0n) is 11.2. The summed E-state index contributed by atoms with van der Waals surface area (Å²) in [5.41, 5.74) is 0. The fourth-order valence-electron chi connectivity index (χ4n) is 1.40. The fraction of sp³-hybridized carbons (Fsp3) is 1.00. The van der Waals surface area contributed by atoms with Crippen molar-refractivity contribution < 1.29 is 28.4 Å². The molecule has 0 aromatic heterocycles. The van der Waals surface area contributed by atoms with Crippen LogP contribution < -0.4 is 0 Å². The molecule has 0 aromatic carbocycles. The first-order valence-corrected chi connectivity index (χ1v) is 8.06. The fourth-order valence-corrected chi connectivity index (χ4v) is 1.71. The van der Waals surface area contributed by atoms with Gasteiger partial charge in [0.05, 0.1) is 66.1 Å². The van der Waals surface area contributed by atoms with Gasteiger partial charge >= 0.3 is 0 Å². The Balaban J connectivity index is 1.67. The van der Waals surface area contributed by atoms with Crippen LogP contribution in [0, 0.1) is 0 Å². The predicted molar refractivity (Wildman–Crippen MR) is 77.9 cm³/mol. The number of alkyl halides is 1. The van der Waals surface area contributed by atoms with Gasteiger partial charge in [-0.2, -0.15) is 0 Å². The van der Waals surface area contributed by atoms with Crippen molar-refractivity contribution in [2.75, 3.05) is 70.5 Å². The van der Waals surface area contributed by atoms with Gasteiger partial charge in [0.2, 0.25) is 0 Å². The second-order valence-corrected chi connectivity index (χ2v) is 4.85. The summed E-state index contributed by atoms with van der Waals surface area (Å²) in [6.07, 6.45) is -0.203. The van der Waals surface area contributed by atoms with Crippen molar-refractivity contribution in [3.63, 3.8) is 0 Å². The molecule has 19 heavy (non-hydrogen) atoms. The van der Waals surface area contributed by atoms with Crippen molar-refractivity contribution in [2.45, 2.75) is 6.29 Å². The van der Waals surface area contributed by atoms with E-state index in [1.165, 1.54) is 0 Å². The van der Waals surface area contributed by atoms with Crippen LogP contribution in [0.4, 0.5) is 0 Å². The molecule has 0 amide bonds. The number of ether oxygens (including phenoxy) is 6. The van der Waals surface area contributed by atoms with Crippen LogP contribution in [0.3, 0.4) is 0 Å². The van der Waals surface area contributed by atoms with E-state index < -0.39 is 0 Å². The molecule has 0 spiro atoms. The third-order valence-corrected chi connectivity index (χ3v) is 2.72. The van der Waals surface area contributed by atoms with Crippen molar-refractivity contribution in [3.05, 3.63) is 0 Å². The summed E-state index contributed by atoms with van der Waals surface area (Å²) in [6.45, 7) is 6.09. The van der Waals surface area contributed by atoms with Crippen molar-refractivity contribution in [1.82, 2.24) is 0 Å². The molecular weight excluding hydrogens is 367 g/mol. The van der Waals surface area contributed by atoms with Gasteiger partial charge in [-0.3, -0.25) is 0 Å². The molecule has 1 aliphatic heterocycles. The van der Waals surface area contributed by atoms with Crippen LogP contribution in [-0.2, 0) is 28.4 Å². The second kappa shape index (κ2) is 13.5. The quantitative estimate of drug-likeness (QED) is 0.264. The Morgan fingerprint density at radius 1 is 0.737 bits per heavy atom. The lowest BCUT2D eigenvalue weighted by molar-refractivity contribution is -0.101. The van der Waals surface area contributed by atoms with Gasteiger partial charge in [-0.25, -0.2) is 0 Å². The minimum absolute atomic E-state index is 0.203. The maximum absolute atomic E-state index is 5.35. The molecule has 0 radical (unpaired) electrons. The minimum atomic E-state index is -0.203. The third-order valence-electron chi connectivity index (χ3n) is 2.28. The van der Waals surface area contributed by atoms with Gasteiger partial charge in [0, 0.05) is 4.43 Å². The zero-order valence-corrected chi connectivity index (χ0v) is 13.3. The van der Waals surface area contributed by atoms with Gasteiger partial charge < -0.3 is 28.4 Å². The molecule has 0 aliphatic carbocycles. The monoisotopic (exact) mass is 390 g/mol. The molecule has 114 valence electrons. The molecule has 1 fully saturated rings. The topological polar surface area (TPSA) is 55.4 Å². The first-order valence-electron chi connectivity index (χ1n) is 6.53. The van der Waals surface area contributed by atoms with Gasteiger partial charge in [0.25, 0.3) is 0 Å². The lowest BCUT2D eigenvalue weighted by Gasteiger charge is -2.10. The van der Waals surface area contributed by atoms with E-state index in [9.17, 15) is 0 Å². The summed E-state index contributed by atoms with van der Waals surface area (Å²) in [4.78, 5) is 0. The number of hydrogen-bond donors (Lipinski definition) is 0. The first-order chi connectivity index (χ1) is 9.43. The highest BCUT2D eigenvalue weighted by atomic mass is 127. The molecule has 1 saturated heterocycles. The molecule has 0 bridgehead atoms. The summed E-state index contributed by atoms with van der Waals surface area (Å²) in [5, 5.41) is 0. The lowest BCUT2D eigenvalue weighted by Crippen LogP contribution is -2.18. The Kier molecular flexibility index (Phi) is 12.4. The molecule has 1 heterocycles. The van der Waals surface area contributed by atoms with Crippen molar-refractivity contribution in [3.8, 4) is 0 Å². The van der Waals surface area contributed by atoms with Crippen LogP contribution in [0.25, 0.3) is 0 Å². The molecule has 0 N–H and O–H groups in total. The SMILES string of the molecule is ICCOCCOCCOCCOCC1OCCO1. The van der Waals surface area contributed by atoms with E-state index >= 15 is 0 Å². The summed E-state index contributed by atoms with van der Waals surface area (Å²) in [6, 6.07) is 0. The molecule has 0 atom stereocenters. The highest BCUT2D eigenvalue weighted by Crippen LogP contribution is 2.03. The Morgan fingerprint density at radius 3 is 1.74 bits per heavy atom. The molecule has 0 aromatic rings. The number of rotatable bonds is 13. The van der Waals surface area contributed by atoms with E-state index in [-0.39, 0.29) is 6.29 Å². The van der Waals surface area contributed by atoms with Crippen molar-refractivity contribution in [1.29, 1.82) is 0 Å².